The molecule has 11 heteroatoms. The maximum Gasteiger partial charge on any atom is 0.328 e. The zero-order valence-electron chi connectivity index (χ0n) is 19.9. The van der Waals surface area contributed by atoms with Crippen LogP contribution in [0.1, 0.15) is 31.0 Å². The minimum absolute atomic E-state index is 0.0387. The second-order valence-electron chi connectivity index (χ2n) is 9.52. The zero-order chi connectivity index (χ0) is 25.2. The lowest BCUT2D eigenvalue weighted by Gasteiger charge is -2.27. The maximum atomic E-state index is 12.7. The van der Waals surface area contributed by atoms with E-state index in [0.29, 0.717) is 17.4 Å². The van der Waals surface area contributed by atoms with Crippen molar-refractivity contribution in [1.29, 1.82) is 0 Å². The molecule has 0 unspecified atom stereocenters. The molecule has 0 bridgehead atoms. The summed E-state index contributed by atoms with van der Waals surface area (Å²) in [4.78, 5) is 28.6. The number of hydrogen-bond donors (Lipinski definition) is 2. The van der Waals surface area contributed by atoms with Crippen molar-refractivity contribution in [2.24, 2.45) is 11.8 Å². The monoisotopic (exact) mass is 502 g/mol. The Balaban J connectivity index is 1.30. The van der Waals surface area contributed by atoms with Crippen molar-refractivity contribution in [3.63, 3.8) is 0 Å². The van der Waals surface area contributed by atoms with Gasteiger partial charge in [0.05, 0.1) is 19.8 Å². The first-order valence-electron chi connectivity index (χ1n) is 11.6. The predicted molar refractivity (Wildman–Crippen MR) is 127 cm³/mol. The number of nitrogens with one attached hydrogen (secondary N) is 1. The van der Waals surface area contributed by atoms with Crippen molar-refractivity contribution < 1.29 is 28.0 Å². The second-order valence-corrected chi connectivity index (χ2v) is 12.0. The number of hydroxylamine groups is 1. The average molecular weight is 503 g/mol. The van der Waals surface area contributed by atoms with Gasteiger partial charge >= 0.3 is 6.03 Å². The molecule has 1 aromatic heterocycles. The van der Waals surface area contributed by atoms with E-state index < -0.39 is 20.5 Å². The van der Waals surface area contributed by atoms with Gasteiger partial charge in [-0.3, -0.25) is 19.5 Å². The second kappa shape index (κ2) is 10.0. The number of amides is 2. The molecule has 2 N–H and O–H groups in total. The Kier molecular flexibility index (Phi) is 7.25. The number of fused-ring (bicyclic) bond motifs is 1. The Bertz CT molecular complexity index is 1230. The van der Waals surface area contributed by atoms with Crippen LogP contribution >= 0.6 is 0 Å². The molecule has 3 heterocycles. The lowest BCUT2D eigenvalue weighted by Crippen LogP contribution is -2.50. The van der Waals surface area contributed by atoms with Gasteiger partial charge in [0.15, 0.2) is 14.6 Å². The Morgan fingerprint density at radius 1 is 1.31 bits per heavy atom. The molecule has 1 saturated carbocycles. The highest BCUT2D eigenvalue weighted by molar-refractivity contribution is 7.92. The molecule has 0 spiro atoms. The van der Waals surface area contributed by atoms with E-state index in [9.17, 15) is 18.0 Å². The molecule has 0 aromatic carbocycles. The number of sulfone groups is 1. The largest absolute Gasteiger partial charge is 0.379 e. The molecular weight excluding hydrogens is 472 g/mol. The molecule has 1 aromatic rings. The van der Waals surface area contributed by atoms with Gasteiger partial charge in [0, 0.05) is 55.8 Å². The number of nitrogens with zero attached hydrogens (tertiary/aromatic N) is 3. The van der Waals surface area contributed by atoms with E-state index in [2.05, 4.69) is 28.6 Å². The van der Waals surface area contributed by atoms with E-state index in [1.165, 1.54) is 21.9 Å². The lowest BCUT2D eigenvalue weighted by atomic mass is 10.1. The molecule has 2 fully saturated rings. The van der Waals surface area contributed by atoms with Gasteiger partial charge in [-0.1, -0.05) is 11.8 Å². The van der Waals surface area contributed by atoms with Crippen LogP contribution in [0.5, 0.6) is 0 Å². The van der Waals surface area contributed by atoms with Crippen LogP contribution in [0.3, 0.4) is 0 Å². The van der Waals surface area contributed by atoms with Gasteiger partial charge in [-0.15, -0.1) is 0 Å². The number of carbonyl (C=O) groups excluding carboxylic acids is 2. The van der Waals surface area contributed by atoms with E-state index in [0.717, 1.165) is 51.2 Å². The minimum Gasteiger partial charge on any atom is -0.379 e. The molecule has 3 atom stereocenters. The number of carbonyl (C=O) groups is 2. The summed E-state index contributed by atoms with van der Waals surface area (Å²) in [6, 6.07) is 1.49. The summed E-state index contributed by atoms with van der Waals surface area (Å²) in [6.07, 6.45) is 3.53. The molecule has 2 amide bonds. The third kappa shape index (κ3) is 5.54. The number of hydrogen-bond acceptors (Lipinski definition) is 7. The maximum absolute atomic E-state index is 12.7. The SMILES string of the molecule is C[C@@](CCN1Cc2cc(C#CC#C[C@@H]3C[C@H]3CN3CCOCC3)cn2C1=O)(C(=O)NO)S(C)(=O)=O. The molecule has 3 aliphatic rings. The van der Waals surface area contributed by atoms with Crippen LogP contribution in [0.2, 0.25) is 0 Å². The van der Waals surface area contributed by atoms with Gasteiger partial charge in [-0.25, -0.2) is 18.7 Å². The predicted octanol–water partition coefficient (Wildman–Crippen LogP) is 0.294. The van der Waals surface area contributed by atoms with E-state index in [4.69, 9.17) is 9.94 Å². The van der Waals surface area contributed by atoms with Gasteiger partial charge < -0.3 is 9.64 Å². The highest BCUT2D eigenvalue weighted by Gasteiger charge is 2.44. The number of rotatable bonds is 7. The van der Waals surface area contributed by atoms with E-state index in [-0.39, 0.29) is 25.5 Å². The van der Waals surface area contributed by atoms with Crippen molar-refractivity contribution in [3.8, 4) is 23.7 Å². The summed E-state index contributed by atoms with van der Waals surface area (Å²) < 4.78 is 29.2. The van der Waals surface area contributed by atoms with Crippen LogP contribution in [0.15, 0.2) is 12.3 Å². The van der Waals surface area contributed by atoms with Gasteiger partial charge in [0.1, 0.15) is 0 Å². The van der Waals surface area contributed by atoms with Crippen LogP contribution in [0, 0.1) is 35.5 Å². The van der Waals surface area contributed by atoms with Crippen molar-refractivity contribution in [2.45, 2.75) is 31.1 Å². The number of ether oxygens (including phenoxy) is 1. The van der Waals surface area contributed by atoms with Crippen molar-refractivity contribution in [3.05, 3.63) is 23.5 Å². The van der Waals surface area contributed by atoms with Crippen LogP contribution in [-0.4, -0.2) is 90.3 Å². The Morgan fingerprint density at radius 2 is 2.06 bits per heavy atom. The summed E-state index contributed by atoms with van der Waals surface area (Å²) in [7, 11) is -3.83. The van der Waals surface area contributed by atoms with E-state index in [1.807, 2.05) is 0 Å². The highest BCUT2D eigenvalue weighted by atomic mass is 32.2. The normalized spacial score (nSPS) is 23.4. The smallest absolute Gasteiger partial charge is 0.328 e. The fourth-order valence-corrected chi connectivity index (χ4v) is 5.22. The molecule has 1 saturated heterocycles. The first-order chi connectivity index (χ1) is 16.6. The van der Waals surface area contributed by atoms with Gasteiger partial charge in [-0.2, -0.15) is 0 Å². The minimum atomic E-state index is -3.83. The van der Waals surface area contributed by atoms with E-state index in [1.54, 1.807) is 12.3 Å². The first kappa shape index (κ1) is 25.3. The summed E-state index contributed by atoms with van der Waals surface area (Å²) in [5.74, 6) is 12.0. The van der Waals surface area contributed by atoms with Crippen LogP contribution < -0.4 is 5.48 Å². The molecule has 1 aliphatic carbocycles. The van der Waals surface area contributed by atoms with E-state index >= 15 is 0 Å². The van der Waals surface area contributed by atoms with Crippen LogP contribution in [0.4, 0.5) is 4.79 Å². The standard InChI is InChI=1S/C24H30N4O6S/c1-24(22(29)25-31,35(2,32)33)7-8-27-17-21-13-18(15-28(21)23(27)30)5-3-4-6-19-14-20(19)16-26-9-11-34-12-10-26/h13,15,19-20,31H,7-12,14,16-17H2,1-2H3,(H,25,29)/t19-,20+,24-/m1/s1. The fourth-order valence-electron chi connectivity index (χ4n) is 4.37. The quantitative estimate of drug-likeness (QED) is 0.312. The third-order valence-corrected chi connectivity index (χ3v) is 9.06. The van der Waals surface area contributed by atoms with Gasteiger partial charge in [0.2, 0.25) is 0 Å². The summed E-state index contributed by atoms with van der Waals surface area (Å²) in [5, 5.41) is 8.94. The first-order valence-corrected chi connectivity index (χ1v) is 13.5. The van der Waals surface area contributed by atoms with Gasteiger partial charge in [0.25, 0.3) is 5.91 Å². The number of aromatic nitrogens is 1. The average Bonchev–Trinajstić information content (AvgIpc) is 3.32. The van der Waals surface area contributed by atoms with Crippen molar-refractivity contribution >= 4 is 21.8 Å². The van der Waals surface area contributed by atoms with Crippen LogP contribution in [-0.2, 0) is 25.9 Å². The highest BCUT2D eigenvalue weighted by Crippen LogP contribution is 2.38. The Hall–Kier alpha value is -2.83. The lowest BCUT2D eigenvalue weighted by molar-refractivity contribution is -0.131. The summed E-state index contributed by atoms with van der Waals surface area (Å²) in [6.45, 7) is 6.19. The molecule has 10 nitrogen and oxygen atoms in total. The topological polar surface area (TPSA) is 121 Å². The van der Waals surface area contributed by atoms with Crippen molar-refractivity contribution in [2.75, 3.05) is 45.6 Å². The molecule has 188 valence electrons. The molecule has 2 aliphatic heterocycles. The summed E-state index contributed by atoms with van der Waals surface area (Å²) in [5.41, 5.74) is 2.83. The fraction of sp³-hybridized carbons (Fsp3) is 0.583. The van der Waals surface area contributed by atoms with Crippen molar-refractivity contribution in [1.82, 2.24) is 19.8 Å². The molecular formula is C24H30N4O6S. The zero-order valence-corrected chi connectivity index (χ0v) is 20.7. The Labute approximate surface area is 205 Å². The molecule has 35 heavy (non-hydrogen) atoms. The number of morpholine rings is 1. The molecule has 0 radical (unpaired) electrons. The van der Waals surface area contributed by atoms with Gasteiger partial charge in [-0.05, 0) is 43.6 Å². The molecule has 4 rings (SSSR count). The summed E-state index contributed by atoms with van der Waals surface area (Å²) >= 11 is 0. The third-order valence-electron chi connectivity index (χ3n) is 7.03. The van der Waals surface area contributed by atoms with Crippen LogP contribution in [0.25, 0.3) is 0 Å². The Morgan fingerprint density at radius 3 is 2.71 bits per heavy atom.